The highest BCUT2D eigenvalue weighted by Gasteiger charge is 2.10. The molecule has 66 heavy (non-hydrogen) atoms. The van der Waals surface area contributed by atoms with Crippen LogP contribution in [0.2, 0.25) is 0 Å². The van der Waals surface area contributed by atoms with Crippen molar-refractivity contribution >= 4 is 41.1 Å². The number of nitrogens with one attached hydrogen (secondary N) is 1. The summed E-state index contributed by atoms with van der Waals surface area (Å²) in [4.78, 5) is 38.7. The van der Waals surface area contributed by atoms with Crippen LogP contribution in [0.15, 0.2) is 84.4 Å². The number of aldehydes is 1. The maximum atomic E-state index is 11.8. The van der Waals surface area contributed by atoms with Gasteiger partial charge in [0.05, 0.1) is 94.0 Å². The van der Waals surface area contributed by atoms with E-state index in [9.17, 15) is 14.4 Å². The number of nitrogens with zero attached hydrogens (tertiary/aromatic N) is 11. The Hall–Kier alpha value is -8.55. The molecule has 0 aliphatic carbocycles. The molecule has 0 heterocycles. The molecule has 0 fully saturated rings. The zero-order valence-corrected chi connectivity index (χ0v) is 36.9. The first kappa shape index (κ1) is 57.4. The first-order chi connectivity index (χ1) is 32.2. The molecular weight excluding hydrogens is 837 g/mol. The third kappa shape index (κ3) is 26.7. The van der Waals surface area contributed by atoms with Crippen molar-refractivity contribution < 1.29 is 24.6 Å². The summed E-state index contributed by atoms with van der Waals surface area (Å²) in [6, 6.07) is 40.3. The molecule has 3 N–H and O–H groups in total. The fraction of sp³-hybridized carbons (Fsp3) is 0.367. The van der Waals surface area contributed by atoms with Gasteiger partial charge >= 0.3 is 0 Å². The van der Waals surface area contributed by atoms with Gasteiger partial charge in [-0.15, -0.1) is 0 Å². The monoisotopic (exact) mass is 890 g/mol. The maximum Gasteiger partial charge on any atom is 0.262 e. The van der Waals surface area contributed by atoms with Gasteiger partial charge in [0.25, 0.3) is 5.91 Å². The second-order valence-corrected chi connectivity index (χ2v) is 13.4. The summed E-state index contributed by atoms with van der Waals surface area (Å²) in [5.41, 5.74) is 4.12. The lowest BCUT2D eigenvalue weighted by Gasteiger charge is -2.22. The van der Waals surface area contributed by atoms with Crippen LogP contribution in [0, 0.1) is 90.6 Å². The summed E-state index contributed by atoms with van der Waals surface area (Å²) < 4.78 is 0. The number of amides is 1. The van der Waals surface area contributed by atoms with Crippen LogP contribution in [-0.4, -0.2) is 87.2 Å². The fourth-order valence-corrected chi connectivity index (χ4v) is 5.44. The molecule has 0 aliphatic rings. The second kappa shape index (κ2) is 39.3. The molecule has 0 aromatic heterocycles. The molecule has 340 valence electrons. The highest BCUT2D eigenvalue weighted by Crippen LogP contribution is 2.19. The Bertz CT molecular complexity index is 2190. The van der Waals surface area contributed by atoms with Crippen molar-refractivity contribution in [2.24, 2.45) is 0 Å². The Kier molecular flexibility index (Phi) is 34.2. The van der Waals surface area contributed by atoms with Gasteiger partial charge < -0.3 is 30.2 Å². The van der Waals surface area contributed by atoms with Crippen LogP contribution in [0.1, 0.15) is 73.7 Å². The summed E-state index contributed by atoms with van der Waals surface area (Å²) >= 11 is 0. The van der Waals surface area contributed by atoms with Crippen LogP contribution < -0.4 is 20.0 Å². The molecule has 3 aromatic carbocycles. The van der Waals surface area contributed by atoms with E-state index in [1.165, 1.54) is 6.08 Å². The highest BCUT2D eigenvalue weighted by molar-refractivity contribution is 6.01. The largest absolute Gasteiger partial charge is 0.396 e. The topological polar surface area (TPSA) is 304 Å². The number of aliphatic hydroxyl groups is 2. The van der Waals surface area contributed by atoms with Crippen molar-refractivity contribution in [1.82, 2.24) is 5.32 Å². The molecule has 0 saturated heterocycles. The number of ketones is 1. The Labute approximate surface area is 387 Å². The number of anilines is 3. The van der Waals surface area contributed by atoms with Crippen molar-refractivity contribution in [3.8, 4) is 48.6 Å². The minimum Gasteiger partial charge on any atom is -0.396 e. The number of benzene rings is 3. The van der Waals surface area contributed by atoms with Crippen molar-refractivity contribution in [1.29, 1.82) is 42.1 Å². The molecule has 3 rings (SSSR count). The number of carbonyl (C=O) groups is 3. The van der Waals surface area contributed by atoms with Gasteiger partial charge in [-0.2, -0.15) is 42.1 Å². The summed E-state index contributed by atoms with van der Waals surface area (Å²) in [6.07, 6.45) is 5.55. The third-order valence-corrected chi connectivity index (χ3v) is 8.70. The van der Waals surface area contributed by atoms with Gasteiger partial charge in [-0.05, 0) is 66.6 Å². The van der Waals surface area contributed by atoms with E-state index < -0.39 is 5.91 Å². The van der Waals surface area contributed by atoms with Crippen LogP contribution in [-0.2, 0) is 9.59 Å². The molecule has 0 radical (unpaired) electrons. The standard InChI is InChI=1S/C18H19N5O2.C13H13N3O.C12H13N3.C6H9NO2/c19-7-1-10-23(11-2-8-20)17-5-3-15(4-6-17)13-16(14-21)18(25)22-9-12-24;14-7-1-9-16(10-2-8-15)13-5-3-12(11-17)4-6-13;13-8-4-10-15(11-5-9-14)12-6-2-1-3-7-12;7-4-3-6(9)2-1-5-8/h3-6,13,24H,1-2,9-12H2,(H,22,25);3-6,11H,1-2,9-10H2;1-3,6-7H,4-5,10-11H2;8H,1-3,5H2/b16-13+;;;. The second-order valence-electron chi connectivity index (χ2n) is 13.4. The number of Topliss-reactive ketones (excluding diaryl/α,β-unsaturated/α-hetero) is 1. The van der Waals surface area contributed by atoms with E-state index in [-0.39, 0.29) is 37.5 Å². The lowest BCUT2D eigenvalue weighted by molar-refractivity contribution is -0.118. The average Bonchev–Trinajstić information content (AvgIpc) is 3.35. The average molecular weight is 891 g/mol. The van der Waals surface area contributed by atoms with Gasteiger partial charge in [-0.25, -0.2) is 0 Å². The zero-order chi connectivity index (χ0) is 49.0. The van der Waals surface area contributed by atoms with Gasteiger partial charge in [0.15, 0.2) is 0 Å². The van der Waals surface area contributed by atoms with Crippen LogP contribution in [0.5, 0.6) is 0 Å². The van der Waals surface area contributed by atoms with E-state index in [1.54, 1.807) is 30.3 Å². The Morgan fingerprint density at radius 2 is 0.924 bits per heavy atom. The summed E-state index contributed by atoms with van der Waals surface area (Å²) in [7, 11) is 0. The zero-order valence-electron chi connectivity index (χ0n) is 36.9. The maximum absolute atomic E-state index is 11.8. The van der Waals surface area contributed by atoms with Gasteiger partial charge in [-0.1, -0.05) is 30.3 Å². The number of carbonyl (C=O) groups excluding carboxylic acids is 3. The molecule has 1 amide bonds. The van der Waals surface area contributed by atoms with E-state index in [2.05, 4.69) is 46.6 Å². The van der Waals surface area contributed by atoms with Crippen LogP contribution in [0.25, 0.3) is 6.08 Å². The number of nitriles is 8. The predicted molar refractivity (Wildman–Crippen MR) is 248 cm³/mol. The van der Waals surface area contributed by atoms with Crippen LogP contribution in [0.3, 0.4) is 0 Å². The third-order valence-electron chi connectivity index (χ3n) is 8.70. The fourth-order valence-electron chi connectivity index (χ4n) is 5.44. The molecule has 0 aliphatic heterocycles. The van der Waals surface area contributed by atoms with Crippen molar-refractivity contribution in [2.75, 3.05) is 73.7 Å². The number of hydrogen-bond donors (Lipinski definition) is 3. The van der Waals surface area contributed by atoms with Crippen LogP contribution >= 0.6 is 0 Å². The van der Waals surface area contributed by atoms with Crippen molar-refractivity contribution in [2.45, 2.75) is 57.8 Å². The summed E-state index contributed by atoms with van der Waals surface area (Å²) in [6.45, 7) is 3.53. The Morgan fingerprint density at radius 1 is 0.530 bits per heavy atom. The van der Waals surface area contributed by atoms with E-state index in [4.69, 9.17) is 52.3 Å². The van der Waals surface area contributed by atoms with Gasteiger partial charge in [0.2, 0.25) is 0 Å². The summed E-state index contributed by atoms with van der Waals surface area (Å²) in [5, 5.41) is 88.2. The minimum atomic E-state index is -0.537. The number of hydrogen-bond acceptors (Lipinski definition) is 16. The smallest absolute Gasteiger partial charge is 0.262 e. The van der Waals surface area contributed by atoms with E-state index in [0.717, 1.165) is 23.3 Å². The molecule has 3 aromatic rings. The molecule has 0 spiro atoms. The quantitative estimate of drug-likeness (QED) is 0.0525. The Morgan fingerprint density at radius 3 is 1.26 bits per heavy atom. The first-order valence-corrected chi connectivity index (χ1v) is 20.8. The lowest BCUT2D eigenvalue weighted by Crippen LogP contribution is -2.27. The lowest BCUT2D eigenvalue weighted by atomic mass is 10.1. The SMILES string of the molecule is N#CCC(=O)CCCO.N#CCCN(CCC#N)c1ccc(/C=C(\C#N)C(=O)NCCO)cc1.N#CCCN(CCC#N)c1ccc(C=O)cc1.N#CCCN(CCC#N)c1ccccc1. The molecule has 17 heteroatoms. The Balaban J connectivity index is 0.000000904. The highest BCUT2D eigenvalue weighted by atomic mass is 16.3. The van der Waals surface area contributed by atoms with E-state index >= 15 is 0 Å². The van der Waals surface area contributed by atoms with Gasteiger partial charge in [-0.3, -0.25) is 14.4 Å². The molecule has 0 atom stereocenters. The summed E-state index contributed by atoms with van der Waals surface area (Å²) in [5.74, 6) is -0.628. The van der Waals surface area contributed by atoms with E-state index in [0.29, 0.717) is 102 Å². The minimum absolute atomic E-state index is 0.0250. The van der Waals surface area contributed by atoms with E-state index in [1.807, 2.05) is 70.5 Å². The molecule has 0 unspecified atom stereocenters. The molecule has 0 saturated carbocycles. The molecule has 0 bridgehead atoms. The molecular formula is C49H54N12O5. The number of rotatable bonds is 24. The first-order valence-electron chi connectivity index (χ1n) is 20.8. The van der Waals surface area contributed by atoms with Crippen molar-refractivity contribution in [3.05, 3.63) is 95.6 Å². The number of para-hydroxylation sites is 1. The number of aliphatic hydroxyl groups excluding tert-OH is 2. The molecule has 17 nitrogen and oxygen atoms in total. The van der Waals surface area contributed by atoms with Crippen molar-refractivity contribution in [3.63, 3.8) is 0 Å². The van der Waals surface area contributed by atoms with Crippen LogP contribution in [0.4, 0.5) is 17.1 Å². The predicted octanol–water partition coefficient (Wildman–Crippen LogP) is 6.03. The normalized spacial score (nSPS) is 9.39. The van der Waals surface area contributed by atoms with Gasteiger partial charge in [0.1, 0.15) is 23.7 Å². The van der Waals surface area contributed by atoms with Gasteiger partial charge in [0, 0.05) is 81.5 Å².